The van der Waals surface area contributed by atoms with E-state index in [1.165, 1.54) is 5.56 Å². The highest BCUT2D eigenvalue weighted by atomic mass is 16.7. The van der Waals surface area contributed by atoms with Gasteiger partial charge >= 0.3 is 0 Å². The smallest absolute Gasteiger partial charge is 0.197 e. The Hall–Kier alpha value is -2.00. The van der Waals surface area contributed by atoms with E-state index in [-0.39, 0.29) is 6.29 Å². The van der Waals surface area contributed by atoms with Crippen molar-refractivity contribution in [1.29, 1.82) is 0 Å². The highest BCUT2D eigenvalue weighted by Crippen LogP contribution is 2.45. The molecule has 1 atom stereocenters. The summed E-state index contributed by atoms with van der Waals surface area (Å²) in [5.74, 6) is 1.32. The van der Waals surface area contributed by atoms with Crippen molar-refractivity contribution in [3.8, 4) is 16.9 Å². The van der Waals surface area contributed by atoms with Crippen LogP contribution in [-0.2, 0) is 4.74 Å². The van der Waals surface area contributed by atoms with Gasteiger partial charge in [0.2, 0.25) is 0 Å². The molecule has 2 aliphatic rings. The Bertz CT molecular complexity index is 742. The van der Waals surface area contributed by atoms with Crippen LogP contribution in [0.4, 0.5) is 0 Å². The van der Waals surface area contributed by atoms with Crippen molar-refractivity contribution in [1.82, 2.24) is 0 Å². The van der Waals surface area contributed by atoms with Gasteiger partial charge in [-0.1, -0.05) is 38.1 Å². The lowest BCUT2D eigenvalue weighted by Gasteiger charge is -2.14. The van der Waals surface area contributed by atoms with Crippen LogP contribution in [0, 0.1) is 0 Å². The molecule has 116 valence electrons. The molecule has 0 fully saturated rings. The summed E-state index contributed by atoms with van der Waals surface area (Å²) in [6, 6.07) is 10.5. The number of hydrogen-bond donors (Lipinski definition) is 0. The van der Waals surface area contributed by atoms with Gasteiger partial charge in [-0.2, -0.15) is 0 Å². The van der Waals surface area contributed by atoms with Crippen molar-refractivity contribution >= 4 is 11.0 Å². The van der Waals surface area contributed by atoms with Gasteiger partial charge in [0.05, 0.1) is 11.6 Å². The lowest BCUT2D eigenvalue weighted by Crippen LogP contribution is -2.15. The molecule has 0 amide bonds. The minimum Gasteiger partial charge on any atom is -0.464 e. The molecule has 1 heterocycles. The Morgan fingerprint density at radius 2 is 1.73 bits per heavy atom. The van der Waals surface area contributed by atoms with E-state index in [9.17, 15) is 0 Å². The molecule has 0 N–H and O–H groups in total. The first-order chi connectivity index (χ1) is 10.6. The third-order valence-corrected chi connectivity index (χ3v) is 3.93. The second-order valence-electron chi connectivity index (χ2n) is 5.78. The van der Waals surface area contributed by atoms with Crippen molar-refractivity contribution in [2.45, 2.75) is 39.9 Å². The molecule has 1 aromatic heterocycles. The SMILES string of the molecule is CCOC(C)Oc1c2ccc(C(C)C)ccc-2c2occc12. The van der Waals surface area contributed by atoms with Gasteiger partial charge in [0.25, 0.3) is 0 Å². The summed E-state index contributed by atoms with van der Waals surface area (Å²) in [6.07, 6.45) is 1.42. The van der Waals surface area contributed by atoms with E-state index in [1.54, 1.807) is 6.26 Å². The summed E-state index contributed by atoms with van der Waals surface area (Å²) in [6.45, 7) is 8.88. The summed E-state index contributed by atoms with van der Waals surface area (Å²) in [4.78, 5) is 0. The second kappa shape index (κ2) is 6.01. The maximum absolute atomic E-state index is 6.04. The fourth-order valence-corrected chi connectivity index (χ4v) is 2.78. The molecule has 3 heteroatoms. The molecule has 0 radical (unpaired) electrons. The van der Waals surface area contributed by atoms with E-state index in [2.05, 4.69) is 38.1 Å². The largest absolute Gasteiger partial charge is 0.464 e. The summed E-state index contributed by atoms with van der Waals surface area (Å²) in [5, 5.41) is 0.999. The van der Waals surface area contributed by atoms with Crippen LogP contribution >= 0.6 is 0 Å². The highest BCUT2D eigenvalue weighted by molar-refractivity contribution is 6.05. The first kappa shape index (κ1) is 14.9. The third-order valence-electron chi connectivity index (χ3n) is 3.93. The van der Waals surface area contributed by atoms with E-state index in [1.807, 2.05) is 19.9 Å². The van der Waals surface area contributed by atoms with Crippen molar-refractivity contribution < 1.29 is 13.9 Å². The van der Waals surface area contributed by atoms with Crippen LogP contribution in [0.15, 0.2) is 41.0 Å². The Kier molecular flexibility index (Phi) is 4.08. The molecule has 3 nitrogen and oxygen atoms in total. The quantitative estimate of drug-likeness (QED) is 0.589. The molecular weight excluding hydrogens is 276 g/mol. The predicted molar refractivity (Wildman–Crippen MR) is 88.6 cm³/mol. The van der Waals surface area contributed by atoms with Crippen molar-refractivity contribution in [2.75, 3.05) is 6.61 Å². The lowest BCUT2D eigenvalue weighted by molar-refractivity contribution is -0.0600. The molecule has 0 saturated carbocycles. The first-order valence-corrected chi connectivity index (χ1v) is 7.83. The van der Waals surface area contributed by atoms with Gasteiger partial charge in [-0.25, -0.2) is 0 Å². The minimum atomic E-state index is -0.288. The molecule has 1 unspecified atom stereocenters. The average molecular weight is 298 g/mol. The van der Waals surface area contributed by atoms with Crippen LogP contribution in [0.5, 0.6) is 5.75 Å². The second-order valence-corrected chi connectivity index (χ2v) is 5.78. The predicted octanol–water partition coefficient (Wildman–Crippen LogP) is 5.42. The van der Waals surface area contributed by atoms with Crippen LogP contribution in [0.2, 0.25) is 0 Å². The van der Waals surface area contributed by atoms with Gasteiger partial charge in [0, 0.05) is 17.7 Å². The summed E-state index contributed by atoms with van der Waals surface area (Å²) >= 11 is 0. The zero-order valence-corrected chi connectivity index (χ0v) is 13.6. The van der Waals surface area contributed by atoms with Crippen LogP contribution in [-0.4, -0.2) is 12.9 Å². The van der Waals surface area contributed by atoms with Gasteiger partial charge < -0.3 is 13.9 Å². The van der Waals surface area contributed by atoms with Crippen LogP contribution in [0.1, 0.15) is 39.2 Å². The van der Waals surface area contributed by atoms with E-state index in [0.717, 1.165) is 27.8 Å². The van der Waals surface area contributed by atoms with Gasteiger partial charge in [-0.3, -0.25) is 0 Å². The molecule has 1 aromatic rings. The topological polar surface area (TPSA) is 31.6 Å². The third kappa shape index (κ3) is 2.57. The zero-order chi connectivity index (χ0) is 15.7. The summed E-state index contributed by atoms with van der Waals surface area (Å²) in [7, 11) is 0. The number of ether oxygens (including phenoxy) is 2. The van der Waals surface area contributed by atoms with E-state index in [4.69, 9.17) is 13.9 Å². The van der Waals surface area contributed by atoms with E-state index >= 15 is 0 Å². The van der Waals surface area contributed by atoms with Crippen molar-refractivity contribution in [3.63, 3.8) is 0 Å². The van der Waals surface area contributed by atoms with Crippen molar-refractivity contribution in [2.24, 2.45) is 0 Å². The molecule has 0 aromatic carbocycles. The summed E-state index contributed by atoms with van der Waals surface area (Å²) < 4.78 is 17.2. The van der Waals surface area contributed by atoms with Crippen LogP contribution in [0.3, 0.4) is 0 Å². The van der Waals surface area contributed by atoms with Crippen molar-refractivity contribution in [3.05, 3.63) is 42.2 Å². The van der Waals surface area contributed by atoms with Crippen LogP contribution < -0.4 is 4.74 Å². The maximum atomic E-state index is 6.04. The van der Waals surface area contributed by atoms with E-state index in [0.29, 0.717) is 12.5 Å². The van der Waals surface area contributed by atoms with Gasteiger partial charge in [0.1, 0.15) is 11.3 Å². The van der Waals surface area contributed by atoms with E-state index < -0.39 is 0 Å². The first-order valence-electron chi connectivity index (χ1n) is 7.83. The normalized spacial score (nSPS) is 13.1. The number of furan rings is 1. The molecule has 2 aliphatic carbocycles. The average Bonchev–Trinajstić information content (AvgIpc) is 2.95. The monoisotopic (exact) mass is 298 g/mol. The van der Waals surface area contributed by atoms with Gasteiger partial charge in [0.15, 0.2) is 6.29 Å². The number of hydrogen-bond acceptors (Lipinski definition) is 3. The molecule has 0 bridgehead atoms. The molecule has 22 heavy (non-hydrogen) atoms. The fraction of sp³-hybridized carbons (Fsp3) is 0.368. The maximum Gasteiger partial charge on any atom is 0.197 e. The number of fused-ring (bicyclic) bond motifs is 3. The fourth-order valence-electron chi connectivity index (χ4n) is 2.78. The Morgan fingerprint density at radius 3 is 2.41 bits per heavy atom. The Labute approximate surface area is 131 Å². The molecule has 0 aliphatic heterocycles. The molecular formula is C19H22O3. The molecule has 0 spiro atoms. The van der Waals surface area contributed by atoms with Gasteiger partial charge in [-0.05, 0) is 31.4 Å². The highest BCUT2D eigenvalue weighted by Gasteiger charge is 2.22. The standard InChI is InChI=1S/C19H22O3/c1-5-20-13(4)22-19-16-9-7-14(12(2)3)6-8-15(16)18-17(19)10-11-21-18/h6-13H,5H2,1-4H3. The summed E-state index contributed by atoms with van der Waals surface area (Å²) in [5.41, 5.74) is 4.30. The number of rotatable bonds is 5. The molecule has 3 rings (SSSR count). The van der Waals surface area contributed by atoms with Gasteiger partial charge in [-0.15, -0.1) is 0 Å². The lowest BCUT2D eigenvalue weighted by atomic mass is 10.1. The minimum absolute atomic E-state index is 0.288. The Balaban J connectivity index is 2.14. The zero-order valence-electron chi connectivity index (χ0n) is 13.6. The van der Waals surface area contributed by atoms with Crippen LogP contribution in [0.25, 0.3) is 22.1 Å². The Morgan fingerprint density at radius 1 is 1.00 bits per heavy atom. The molecule has 0 saturated heterocycles.